The van der Waals surface area contributed by atoms with Gasteiger partial charge in [0.2, 0.25) is 5.95 Å². The lowest BCUT2D eigenvalue weighted by atomic mass is 10.1. The number of benzene rings is 2. The van der Waals surface area contributed by atoms with Crippen LogP contribution in [0.1, 0.15) is 38.4 Å². The average Bonchev–Trinajstić information content (AvgIpc) is 2.59. The van der Waals surface area contributed by atoms with Gasteiger partial charge in [0.05, 0.1) is 0 Å². The SMILES string of the molecule is Cc1cc(C)c(Nc2nc(C)cc(C(=O)Nc3ccccc3C)n2)c(C)c1. The zero-order chi connectivity index (χ0) is 19.6. The van der Waals surface area contributed by atoms with Gasteiger partial charge < -0.3 is 10.6 Å². The number of amides is 1. The van der Waals surface area contributed by atoms with Gasteiger partial charge in [-0.2, -0.15) is 0 Å². The zero-order valence-corrected chi connectivity index (χ0v) is 16.3. The van der Waals surface area contributed by atoms with Crippen molar-refractivity contribution >= 4 is 23.2 Å². The van der Waals surface area contributed by atoms with Crippen molar-refractivity contribution in [1.29, 1.82) is 0 Å². The fraction of sp³-hybridized carbons (Fsp3) is 0.227. The lowest BCUT2D eigenvalue weighted by molar-refractivity contribution is 0.102. The van der Waals surface area contributed by atoms with Gasteiger partial charge in [-0.05, 0) is 63.4 Å². The molecular formula is C22H24N4O. The number of carbonyl (C=O) groups excluding carboxylic acids is 1. The largest absolute Gasteiger partial charge is 0.324 e. The summed E-state index contributed by atoms with van der Waals surface area (Å²) in [4.78, 5) is 21.5. The predicted molar refractivity (Wildman–Crippen MR) is 110 cm³/mol. The van der Waals surface area contributed by atoms with Crippen molar-refractivity contribution in [2.45, 2.75) is 34.6 Å². The lowest BCUT2D eigenvalue weighted by Crippen LogP contribution is -2.16. The van der Waals surface area contributed by atoms with Gasteiger partial charge in [0.1, 0.15) is 5.69 Å². The molecule has 2 aromatic carbocycles. The second kappa shape index (κ2) is 7.58. The Balaban J connectivity index is 1.89. The number of anilines is 3. The lowest BCUT2D eigenvalue weighted by Gasteiger charge is -2.14. The minimum atomic E-state index is -0.254. The Morgan fingerprint density at radius 2 is 1.52 bits per heavy atom. The normalized spacial score (nSPS) is 10.6. The Hall–Kier alpha value is -3.21. The summed E-state index contributed by atoms with van der Waals surface area (Å²) in [6.07, 6.45) is 0. The molecule has 0 aliphatic carbocycles. The van der Waals surface area contributed by atoms with Gasteiger partial charge in [0.15, 0.2) is 0 Å². The Bertz CT molecular complexity index is 988. The maximum atomic E-state index is 12.7. The summed E-state index contributed by atoms with van der Waals surface area (Å²) in [5, 5.41) is 6.19. The number of aryl methyl sites for hydroxylation is 5. The van der Waals surface area contributed by atoms with E-state index in [0.717, 1.165) is 33.8 Å². The number of rotatable bonds is 4. The zero-order valence-electron chi connectivity index (χ0n) is 16.3. The van der Waals surface area contributed by atoms with E-state index < -0.39 is 0 Å². The standard InChI is InChI=1S/C22H24N4O/c1-13-10-15(3)20(16(4)11-13)26-22-23-17(5)12-19(25-22)21(27)24-18-9-7-6-8-14(18)2/h6-12H,1-5H3,(H,24,27)(H,23,25,26). The van der Waals surface area contributed by atoms with E-state index in [2.05, 4.69) is 39.7 Å². The minimum Gasteiger partial charge on any atom is -0.324 e. The smallest absolute Gasteiger partial charge is 0.274 e. The van der Waals surface area contributed by atoms with E-state index in [-0.39, 0.29) is 5.91 Å². The molecule has 1 heterocycles. The number of carbonyl (C=O) groups is 1. The Morgan fingerprint density at radius 3 is 2.19 bits per heavy atom. The molecule has 5 heteroatoms. The molecule has 0 aliphatic heterocycles. The molecular weight excluding hydrogens is 336 g/mol. The molecule has 138 valence electrons. The topological polar surface area (TPSA) is 66.9 Å². The van der Waals surface area contributed by atoms with Crippen LogP contribution < -0.4 is 10.6 Å². The summed E-state index contributed by atoms with van der Waals surface area (Å²) >= 11 is 0. The van der Waals surface area contributed by atoms with E-state index in [1.807, 2.05) is 52.0 Å². The van der Waals surface area contributed by atoms with Crippen molar-refractivity contribution in [2.24, 2.45) is 0 Å². The Kier molecular flexibility index (Phi) is 5.21. The Morgan fingerprint density at radius 1 is 0.852 bits per heavy atom. The second-order valence-corrected chi connectivity index (χ2v) is 6.89. The molecule has 0 unspecified atom stereocenters. The molecule has 5 nitrogen and oxygen atoms in total. The summed E-state index contributed by atoms with van der Waals surface area (Å²) in [5.41, 5.74) is 7.24. The van der Waals surface area contributed by atoms with Crippen molar-refractivity contribution in [2.75, 3.05) is 10.6 Å². The van der Waals surface area contributed by atoms with Gasteiger partial charge in [0.25, 0.3) is 5.91 Å². The van der Waals surface area contributed by atoms with Gasteiger partial charge in [-0.25, -0.2) is 9.97 Å². The van der Waals surface area contributed by atoms with Crippen LogP contribution in [0.4, 0.5) is 17.3 Å². The summed E-state index contributed by atoms with van der Waals surface area (Å²) < 4.78 is 0. The van der Waals surface area contributed by atoms with Crippen molar-refractivity contribution in [3.8, 4) is 0 Å². The fourth-order valence-corrected chi connectivity index (χ4v) is 3.13. The number of nitrogens with zero attached hydrogens (tertiary/aromatic N) is 2. The summed E-state index contributed by atoms with van der Waals surface area (Å²) in [6, 6.07) is 13.6. The van der Waals surface area contributed by atoms with Crippen LogP contribution in [0.15, 0.2) is 42.5 Å². The van der Waals surface area contributed by atoms with E-state index in [9.17, 15) is 4.79 Å². The van der Waals surface area contributed by atoms with Crippen LogP contribution in [0.3, 0.4) is 0 Å². The first kappa shape index (κ1) is 18.6. The van der Waals surface area contributed by atoms with Crippen molar-refractivity contribution in [3.63, 3.8) is 0 Å². The molecule has 0 atom stereocenters. The first-order valence-electron chi connectivity index (χ1n) is 8.91. The molecule has 3 aromatic rings. The molecule has 2 N–H and O–H groups in total. The first-order valence-corrected chi connectivity index (χ1v) is 8.91. The van der Waals surface area contributed by atoms with Crippen LogP contribution in [-0.4, -0.2) is 15.9 Å². The highest BCUT2D eigenvalue weighted by atomic mass is 16.1. The minimum absolute atomic E-state index is 0.254. The number of nitrogens with one attached hydrogen (secondary N) is 2. The third-order valence-electron chi connectivity index (χ3n) is 4.39. The summed E-state index contributed by atoms with van der Waals surface area (Å²) in [5.74, 6) is 0.162. The molecule has 0 saturated heterocycles. The van der Waals surface area contributed by atoms with E-state index in [0.29, 0.717) is 11.6 Å². The predicted octanol–water partition coefficient (Wildman–Crippen LogP) is 5.01. The first-order chi connectivity index (χ1) is 12.8. The van der Waals surface area contributed by atoms with Gasteiger partial charge in [-0.1, -0.05) is 35.9 Å². The van der Waals surface area contributed by atoms with Crippen molar-refractivity contribution in [1.82, 2.24) is 9.97 Å². The van der Waals surface area contributed by atoms with Crippen molar-refractivity contribution < 1.29 is 4.79 Å². The number of hydrogen-bond donors (Lipinski definition) is 2. The van der Waals surface area contributed by atoms with Gasteiger partial charge in [-0.3, -0.25) is 4.79 Å². The van der Waals surface area contributed by atoms with E-state index >= 15 is 0 Å². The molecule has 0 spiro atoms. The number of hydrogen-bond acceptors (Lipinski definition) is 4. The van der Waals surface area contributed by atoms with Crippen LogP contribution in [0.5, 0.6) is 0 Å². The third kappa shape index (κ3) is 4.31. The van der Waals surface area contributed by atoms with Crippen LogP contribution >= 0.6 is 0 Å². The molecule has 0 bridgehead atoms. The molecule has 1 aromatic heterocycles. The molecule has 0 aliphatic rings. The molecule has 27 heavy (non-hydrogen) atoms. The van der Waals surface area contributed by atoms with Crippen molar-refractivity contribution in [3.05, 3.63) is 76.1 Å². The summed E-state index contributed by atoms with van der Waals surface area (Å²) in [7, 11) is 0. The van der Waals surface area contributed by atoms with E-state index in [1.54, 1.807) is 6.07 Å². The highest BCUT2D eigenvalue weighted by molar-refractivity contribution is 6.03. The molecule has 0 saturated carbocycles. The number of aromatic nitrogens is 2. The van der Waals surface area contributed by atoms with Crippen LogP contribution in [0.2, 0.25) is 0 Å². The highest BCUT2D eigenvalue weighted by Gasteiger charge is 2.13. The third-order valence-corrected chi connectivity index (χ3v) is 4.39. The van der Waals surface area contributed by atoms with Gasteiger partial charge in [-0.15, -0.1) is 0 Å². The maximum absolute atomic E-state index is 12.7. The van der Waals surface area contributed by atoms with Gasteiger partial charge >= 0.3 is 0 Å². The fourth-order valence-electron chi connectivity index (χ4n) is 3.13. The van der Waals surface area contributed by atoms with Crippen LogP contribution in [0, 0.1) is 34.6 Å². The molecule has 0 radical (unpaired) electrons. The van der Waals surface area contributed by atoms with Gasteiger partial charge in [0, 0.05) is 17.1 Å². The quantitative estimate of drug-likeness (QED) is 0.686. The van der Waals surface area contributed by atoms with E-state index in [4.69, 9.17) is 0 Å². The van der Waals surface area contributed by atoms with Crippen LogP contribution in [-0.2, 0) is 0 Å². The maximum Gasteiger partial charge on any atom is 0.274 e. The van der Waals surface area contributed by atoms with Crippen LogP contribution in [0.25, 0.3) is 0 Å². The molecule has 1 amide bonds. The second-order valence-electron chi connectivity index (χ2n) is 6.89. The number of para-hydroxylation sites is 1. The average molecular weight is 360 g/mol. The van der Waals surface area contributed by atoms with E-state index in [1.165, 1.54) is 5.56 Å². The highest BCUT2D eigenvalue weighted by Crippen LogP contribution is 2.25. The molecule has 0 fully saturated rings. The summed E-state index contributed by atoms with van der Waals surface area (Å²) in [6.45, 7) is 9.97. The molecule has 3 rings (SSSR count). The monoisotopic (exact) mass is 360 g/mol. The Labute approximate surface area is 159 Å².